The standard InChI is InChI=1S/C26H28F2N2O3/c1-17-25(22-13-21(27)11-12-23(22)28)26(20-5-3-2-4-6-20)30(29-17)14-18-7-9-19(10-8-18)15-33-16-24(31)32/h2-6,11-13,18-19H,7-10,14-16H2,1H3,(H,31,32). The largest absolute Gasteiger partial charge is 0.480 e. The number of halogens is 2. The molecule has 7 heteroatoms. The van der Waals surface area contributed by atoms with E-state index in [1.165, 1.54) is 6.07 Å². The van der Waals surface area contributed by atoms with Crippen LogP contribution in [0.25, 0.3) is 22.4 Å². The quantitative estimate of drug-likeness (QED) is 0.473. The molecule has 4 rings (SSSR count). The lowest BCUT2D eigenvalue weighted by Gasteiger charge is -2.28. The van der Waals surface area contributed by atoms with Gasteiger partial charge in [0.1, 0.15) is 18.2 Å². The zero-order chi connectivity index (χ0) is 23.4. The lowest BCUT2D eigenvalue weighted by atomic mass is 9.82. The zero-order valence-electron chi connectivity index (χ0n) is 18.6. The maximum absolute atomic E-state index is 14.7. The van der Waals surface area contributed by atoms with Gasteiger partial charge in [-0.05, 0) is 62.6 Å². The van der Waals surface area contributed by atoms with Crippen LogP contribution in [0, 0.1) is 30.4 Å². The Kier molecular flexibility index (Phi) is 7.18. The summed E-state index contributed by atoms with van der Waals surface area (Å²) in [5.41, 5.74) is 3.21. The molecule has 0 amide bonds. The Labute approximate surface area is 192 Å². The fourth-order valence-electron chi connectivity index (χ4n) is 4.75. The number of carboxylic acid groups (broad SMARTS) is 1. The Bertz CT molecular complexity index is 1110. The van der Waals surface area contributed by atoms with Crippen LogP contribution in [0.4, 0.5) is 8.78 Å². The van der Waals surface area contributed by atoms with Crippen molar-refractivity contribution in [3.63, 3.8) is 0 Å². The van der Waals surface area contributed by atoms with Gasteiger partial charge in [0.15, 0.2) is 0 Å². The zero-order valence-corrected chi connectivity index (χ0v) is 18.6. The van der Waals surface area contributed by atoms with Crippen LogP contribution in [-0.2, 0) is 16.1 Å². The van der Waals surface area contributed by atoms with Gasteiger partial charge in [-0.15, -0.1) is 0 Å². The second-order valence-electron chi connectivity index (χ2n) is 8.78. The number of aromatic nitrogens is 2. The van der Waals surface area contributed by atoms with Crippen LogP contribution >= 0.6 is 0 Å². The minimum Gasteiger partial charge on any atom is -0.480 e. The van der Waals surface area contributed by atoms with Crippen LogP contribution in [0.3, 0.4) is 0 Å². The summed E-state index contributed by atoms with van der Waals surface area (Å²) >= 11 is 0. The molecule has 0 saturated heterocycles. The molecule has 1 aromatic heterocycles. The van der Waals surface area contributed by atoms with Crippen LogP contribution in [0.5, 0.6) is 0 Å². The maximum Gasteiger partial charge on any atom is 0.329 e. The Morgan fingerprint density at radius 3 is 2.48 bits per heavy atom. The van der Waals surface area contributed by atoms with Gasteiger partial charge in [0.25, 0.3) is 0 Å². The summed E-state index contributed by atoms with van der Waals surface area (Å²) in [5.74, 6) is -1.14. The molecular weight excluding hydrogens is 426 g/mol. The third kappa shape index (κ3) is 5.47. The number of aryl methyl sites for hydroxylation is 1. The van der Waals surface area contributed by atoms with Gasteiger partial charge < -0.3 is 9.84 Å². The van der Waals surface area contributed by atoms with Crippen LogP contribution in [0.2, 0.25) is 0 Å². The highest BCUT2D eigenvalue weighted by molar-refractivity contribution is 5.83. The first-order valence-corrected chi connectivity index (χ1v) is 11.3. The molecule has 1 N–H and O–H groups in total. The molecule has 1 aliphatic rings. The van der Waals surface area contributed by atoms with Crippen molar-refractivity contribution in [1.29, 1.82) is 0 Å². The van der Waals surface area contributed by atoms with Crippen molar-refractivity contribution in [2.75, 3.05) is 13.2 Å². The Morgan fingerprint density at radius 1 is 1.09 bits per heavy atom. The van der Waals surface area contributed by atoms with E-state index in [0.29, 0.717) is 36.2 Å². The van der Waals surface area contributed by atoms with E-state index in [1.54, 1.807) is 0 Å². The summed E-state index contributed by atoms with van der Waals surface area (Å²) in [5, 5.41) is 13.5. The van der Waals surface area contributed by atoms with Gasteiger partial charge in [-0.25, -0.2) is 13.6 Å². The van der Waals surface area contributed by atoms with Crippen molar-refractivity contribution in [2.45, 2.75) is 39.2 Å². The van der Waals surface area contributed by atoms with Crippen molar-refractivity contribution in [3.8, 4) is 22.4 Å². The molecule has 1 heterocycles. The number of hydrogen-bond donors (Lipinski definition) is 1. The number of ether oxygens (including phenoxy) is 1. The topological polar surface area (TPSA) is 64.4 Å². The van der Waals surface area contributed by atoms with Crippen molar-refractivity contribution in [3.05, 3.63) is 65.9 Å². The first-order chi connectivity index (χ1) is 15.9. The summed E-state index contributed by atoms with van der Waals surface area (Å²) in [6, 6.07) is 13.2. The van der Waals surface area contributed by atoms with Crippen molar-refractivity contribution in [2.24, 2.45) is 11.8 Å². The number of carboxylic acids is 1. The molecule has 0 bridgehead atoms. The minimum absolute atomic E-state index is 0.219. The second-order valence-corrected chi connectivity index (χ2v) is 8.78. The van der Waals surface area contributed by atoms with Crippen molar-refractivity contribution < 1.29 is 23.4 Å². The van der Waals surface area contributed by atoms with Gasteiger partial charge >= 0.3 is 5.97 Å². The highest BCUT2D eigenvalue weighted by Crippen LogP contribution is 2.38. The molecule has 0 atom stereocenters. The normalized spacial score (nSPS) is 18.4. The molecule has 0 spiro atoms. The van der Waals surface area contributed by atoms with E-state index in [2.05, 4.69) is 0 Å². The number of aliphatic carboxylic acids is 1. The fraction of sp³-hybridized carbons (Fsp3) is 0.385. The molecule has 33 heavy (non-hydrogen) atoms. The summed E-state index contributed by atoms with van der Waals surface area (Å²) < 4.78 is 36.0. The van der Waals surface area contributed by atoms with E-state index in [-0.39, 0.29) is 12.2 Å². The summed E-state index contributed by atoms with van der Waals surface area (Å²) in [6.45, 7) is 2.73. The maximum atomic E-state index is 14.7. The molecule has 0 unspecified atom stereocenters. The number of carbonyl (C=O) groups is 1. The number of benzene rings is 2. The number of rotatable bonds is 8. The molecule has 1 fully saturated rings. The first-order valence-electron chi connectivity index (χ1n) is 11.3. The minimum atomic E-state index is -0.947. The highest BCUT2D eigenvalue weighted by atomic mass is 19.1. The lowest BCUT2D eigenvalue weighted by molar-refractivity contribution is -0.142. The smallest absolute Gasteiger partial charge is 0.329 e. The average Bonchev–Trinajstić information content (AvgIpc) is 3.12. The van der Waals surface area contributed by atoms with E-state index in [9.17, 15) is 13.6 Å². The molecule has 2 aromatic carbocycles. The van der Waals surface area contributed by atoms with Gasteiger partial charge in [0, 0.05) is 23.2 Å². The molecule has 0 radical (unpaired) electrons. The van der Waals surface area contributed by atoms with Gasteiger partial charge in [-0.3, -0.25) is 4.68 Å². The summed E-state index contributed by atoms with van der Waals surface area (Å²) in [7, 11) is 0. The van der Waals surface area contributed by atoms with Crippen molar-refractivity contribution >= 4 is 5.97 Å². The number of nitrogens with zero attached hydrogens (tertiary/aromatic N) is 2. The molecule has 3 aromatic rings. The first kappa shape index (κ1) is 23.1. The van der Waals surface area contributed by atoms with Crippen LogP contribution in [0.1, 0.15) is 31.4 Å². The summed E-state index contributed by atoms with van der Waals surface area (Å²) in [6.07, 6.45) is 3.91. The lowest BCUT2D eigenvalue weighted by Crippen LogP contribution is -2.23. The predicted molar refractivity (Wildman–Crippen MR) is 122 cm³/mol. The fourth-order valence-corrected chi connectivity index (χ4v) is 4.75. The van der Waals surface area contributed by atoms with Crippen molar-refractivity contribution in [1.82, 2.24) is 9.78 Å². The molecule has 0 aliphatic heterocycles. The van der Waals surface area contributed by atoms with Gasteiger partial charge in [0.05, 0.1) is 18.0 Å². The molecular formula is C26H28F2N2O3. The molecule has 174 valence electrons. The summed E-state index contributed by atoms with van der Waals surface area (Å²) in [4.78, 5) is 10.6. The van der Waals surface area contributed by atoms with Crippen LogP contribution in [-0.4, -0.2) is 34.1 Å². The van der Waals surface area contributed by atoms with Crippen LogP contribution < -0.4 is 0 Å². The van der Waals surface area contributed by atoms with Gasteiger partial charge in [0.2, 0.25) is 0 Å². The molecule has 1 aliphatic carbocycles. The highest BCUT2D eigenvalue weighted by Gasteiger charge is 2.26. The second kappa shape index (κ2) is 10.3. The third-order valence-electron chi connectivity index (χ3n) is 6.35. The third-order valence-corrected chi connectivity index (χ3v) is 6.35. The Morgan fingerprint density at radius 2 is 1.79 bits per heavy atom. The van der Waals surface area contributed by atoms with E-state index in [0.717, 1.165) is 49.1 Å². The monoisotopic (exact) mass is 454 g/mol. The van der Waals surface area contributed by atoms with Gasteiger partial charge in [-0.2, -0.15) is 5.10 Å². The number of hydrogen-bond acceptors (Lipinski definition) is 3. The SMILES string of the molecule is Cc1nn(CC2CCC(COCC(=O)O)CC2)c(-c2ccccc2)c1-c1cc(F)ccc1F. The van der Waals surface area contributed by atoms with E-state index in [1.807, 2.05) is 41.9 Å². The van der Waals surface area contributed by atoms with E-state index in [4.69, 9.17) is 14.9 Å². The Balaban J connectivity index is 1.58. The Hall–Kier alpha value is -3.06. The average molecular weight is 455 g/mol. The van der Waals surface area contributed by atoms with Gasteiger partial charge in [-0.1, -0.05) is 30.3 Å². The van der Waals surface area contributed by atoms with E-state index >= 15 is 0 Å². The predicted octanol–water partition coefficient (Wildman–Crippen LogP) is 5.71. The molecule has 5 nitrogen and oxygen atoms in total. The van der Waals surface area contributed by atoms with Crippen LogP contribution in [0.15, 0.2) is 48.5 Å². The molecule has 1 saturated carbocycles. The van der Waals surface area contributed by atoms with E-state index < -0.39 is 17.6 Å².